The first kappa shape index (κ1) is 22.6. The molecule has 3 N–H and O–H groups in total. The zero-order chi connectivity index (χ0) is 22.8. The third-order valence-electron chi connectivity index (χ3n) is 4.53. The van der Waals surface area contributed by atoms with Crippen molar-refractivity contribution >= 4 is 35.1 Å². The highest BCUT2D eigenvalue weighted by molar-refractivity contribution is 6.30. The molecule has 0 saturated carbocycles. The molecule has 1 aromatic heterocycles. The normalized spacial score (nSPS) is 13.5. The number of amides is 2. The minimum absolute atomic E-state index is 0.0235. The number of fused-ring (bicyclic) bond motifs is 1. The molecular formula is C20H25ClN6O4. The lowest BCUT2D eigenvalue weighted by Gasteiger charge is -2.37. The number of nitrogen functional groups attached to an aromatic ring is 1. The van der Waals surface area contributed by atoms with E-state index in [0.717, 1.165) is 5.56 Å². The molecule has 1 aromatic carbocycles. The van der Waals surface area contributed by atoms with Crippen molar-refractivity contribution in [2.45, 2.75) is 32.9 Å². The second-order valence-electron chi connectivity index (χ2n) is 7.92. The van der Waals surface area contributed by atoms with E-state index < -0.39 is 17.6 Å². The van der Waals surface area contributed by atoms with Gasteiger partial charge >= 0.3 is 6.09 Å². The Morgan fingerprint density at radius 1 is 1.23 bits per heavy atom. The number of benzene rings is 1. The maximum Gasteiger partial charge on any atom is 0.416 e. The molecular weight excluding hydrogens is 424 g/mol. The predicted octanol–water partition coefficient (Wildman–Crippen LogP) is 2.50. The maximum absolute atomic E-state index is 12.7. The summed E-state index contributed by atoms with van der Waals surface area (Å²) in [6.45, 7) is 6.54. The third kappa shape index (κ3) is 5.15. The standard InChI is InChI=1S/C20H25ClN6O4/c1-20(2,3)31-19(29)27-8-7-26(11-12-9-13(21)5-6-16(12)30-4)15-10-14(18(28)23-22)24-25-17(15)27/h5-6,9-10H,7-8,11,22H2,1-4H3,(H,23,28). The van der Waals surface area contributed by atoms with Crippen LogP contribution in [0.5, 0.6) is 5.75 Å². The number of hydrazine groups is 1. The lowest BCUT2D eigenvalue weighted by atomic mass is 10.1. The first-order valence-corrected chi connectivity index (χ1v) is 9.97. The Morgan fingerprint density at radius 3 is 2.61 bits per heavy atom. The summed E-state index contributed by atoms with van der Waals surface area (Å²) in [6, 6.07) is 6.88. The van der Waals surface area contributed by atoms with Gasteiger partial charge in [-0.15, -0.1) is 10.2 Å². The zero-order valence-corrected chi connectivity index (χ0v) is 18.6. The van der Waals surface area contributed by atoms with E-state index in [1.54, 1.807) is 40.0 Å². The molecule has 1 aliphatic heterocycles. The lowest BCUT2D eigenvalue weighted by molar-refractivity contribution is 0.0578. The fraction of sp³-hybridized carbons (Fsp3) is 0.400. The molecule has 2 amide bonds. The van der Waals surface area contributed by atoms with Gasteiger partial charge in [-0.3, -0.25) is 15.1 Å². The average Bonchev–Trinajstić information content (AvgIpc) is 2.72. The van der Waals surface area contributed by atoms with E-state index in [2.05, 4.69) is 10.2 Å². The van der Waals surface area contributed by atoms with Gasteiger partial charge in [0, 0.05) is 30.2 Å². The molecule has 1 aliphatic rings. The fourth-order valence-corrected chi connectivity index (χ4v) is 3.36. The van der Waals surface area contributed by atoms with Crippen molar-refractivity contribution in [3.8, 4) is 5.75 Å². The minimum atomic E-state index is -0.671. The molecule has 0 bridgehead atoms. The van der Waals surface area contributed by atoms with E-state index in [1.807, 2.05) is 16.4 Å². The Morgan fingerprint density at radius 2 is 1.97 bits per heavy atom. The van der Waals surface area contributed by atoms with Gasteiger partial charge in [0.1, 0.15) is 11.4 Å². The number of methoxy groups -OCH3 is 1. The van der Waals surface area contributed by atoms with E-state index in [4.69, 9.17) is 26.9 Å². The van der Waals surface area contributed by atoms with Crippen LogP contribution in [0.25, 0.3) is 0 Å². The number of hydrogen-bond acceptors (Lipinski definition) is 8. The van der Waals surface area contributed by atoms with Crippen molar-refractivity contribution in [3.05, 3.63) is 40.5 Å². The largest absolute Gasteiger partial charge is 0.496 e. The minimum Gasteiger partial charge on any atom is -0.496 e. The maximum atomic E-state index is 12.7. The van der Waals surface area contributed by atoms with Crippen LogP contribution in [-0.2, 0) is 11.3 Å². The van der Waals surface area contributed by atoms with E-state index in [0.29, 0.717) is 36.1 Å². The molecule has 2 heterocycles. The molecule has 2 aromatic rings. The average molecular weight is 449 g/mol. The Kier molecular flexibility index (Phi) is 6.51. The molecule has 31 heavy (non-hydrogen) atoms. The van der Waals surface area contributed by atoms with Crippen LogP contribution >= 0.6 is 11.6 Å². The zero-order valence-electron chi connectivity index (χ0n) is 17.8. The topological polar surface area (TPSA) is 123 Å². The molecule has 0 atom stereocenters. The van der Waals surface area contributed by atoms with Gasteiger partial charge in [0.25, 0.3) is 5.91 Å². The summed E-state index contributed by atoms with van der Waals surface area (Å²) in [5.41, 5.74) is 2.77. The highest BCUT2D eigenvalue weighted by Crippen LogP contribution is 2.35. The first-order valence-electron chi connectivity index (χ1n) is 9.59. The van der Waals surface area contributed by atoms with Crippen molar-refractivity contribution in [1.82, 2.24) is 15.6 Å². The summed E-state index contributed by atoms with van der Waals surface area (Å²) in [5, 5.41) is 8.62. The van der Waals surface area contributed by atoms with Crippen molar-refractivity contribution in [1.29, 1.82) is 0 Å². The molecule has 10 nitrogen and oxygen atoms in total. The SMILES string of the molecule is COc1ccc(Cl)cc1CN1CCN(C(=O)OC(C)(C)C)c2nnc(C(=O)NN)cc21. The van der Waals surface area contributed by atoms with Crippen LogP contribution in [0.4, 0.5) is 16.3 Å². The van der Waals surface area contributed by atoms with Crippen molar-refractivity contribution in [3.63, 3.8) is 0 Å². The molecule has 0 fully saturated rings. The van der Waals surface area contributed by atoms with E-state index in [-0.39, 0.29) is 11.5 Å². The molecule has 0 spiro atoms. The monoisotopic (exact) mass is 448 g/mol. The second-order valence-corrected chi connectivity index (χ2v) is 8.36. The van der Waals surface area contributed by atoms with Gasteiger partial charge < -0.3 is 14.4 Å². The van der Waals surface area contributed by atoms with Gasteiger partial charge in [-0.2, -0.15) is 0 Å². The molecule has 3 rings (SSSR count). The summed E-state index contributed by atoms with van der Waals surface area (Å²) in [5.74, 6) is 5.60. The molecule has 0 saturated heterocycles. The van der Waals surface area contributed by atoms with Crippen molar-refractivity contribution < 1.29 is 19.1 Å². The number of aromatic nitrogens is 2. The highest BCUT2D eigenvalue weighted by Gasteiger charge is 2.33. The number of ether oxygens (including phenoxy) is 2. The molecule has 0 unspecified atom stereocenters. The number of hydrogen-bond donors (Lipinski definition) is 2. The van der Waals surface area contributed by atoms with Crippen LogP contribution < -0.4 is 25.8 Å². The molecule has 0 aliphatic carbocycles. The van der Waals surface area contributed by atoms with Gasteiger partial charge in [0.05, 0.1) is 12.8 Å². The number of nitrogens with two attached hydrogens (primary N) is 1. The summed E-state index contributed by atoms with van der Waals surface area (Å²) in [4.78, 5) is 28.1. The van der Waals surface area contributed by atoms with Crippen LogP contribution in [0, 0.1) is 0 Å². The van der Waals surface area contributed by atoms with Crippen LogP contribution in [0.1, 0.15) is 36.8 Å². The summed E-state index contributed by atoms with van der Waals surface area (Å²) < 4.78 is 10.9. The number of nitrogens with zero attached hydrogens (tertiary/aromatic N) is 4. The molecule has 0 radical (unpaired) electrons. The van der Waals surface area contributed by atoms with Crippen molar-refractivity contribution in [2.75, 3.05) is 30.0 Å². The van der Waals surface area contributed by atoms with E-state index in [1.165, 1.54) is 11.0 Å². The van der Waals surface area contributed by atoms with Crippen LogP contribution in [-0.4, -0.2) is 48.0 Å². The number of carbonyl (C=O) groups excluding carboxylic acids is 2. The highest BCUT2D eigenvalue weighted by atomic mass is 35.5. The Balaban J connectivity index is 2.01. The number of carbonyl (C=O) groups is 2. The third-order valence-corrected chi connectivity index (χ3v) is 4.76. The number of anilines is 2. The van der Waals surface area contributed by atoms with Crippen LogP contribution in [0.15, 0.2) is 24.3 Å². The molecule has 166 valence electrons. The van der Waals surface area contributed by atoms with E-state index >= 15 is 0 Å². The van der Waals surface area contributed by atoms with Crippen LogP contribution in [0.2, 0.25) is 5.02 Å². The van der Waals surface area contributed by atoms with Gasteiger partial charge in [0.15, 0.2) is 11.5 Å². The Bertz CT molecular complexity index is 994. The Hall–Kier alpha value is -3.11. The summed E-state index contributed by atoms with van der Waals surface area (Å²) >= 11 is 6.17. The summed E-state index contributed by atoms with van der Waals surface area (Å²) in [6.07, 6.45) is -0.543. The molecule has 11 heteroatoms. The number of rotatable bonds is 4. The van der Waals surface area contributed by atoms with Gasteiger partial charge in [0.2, 0.25) is 0 Å². The lowest BCUT2D eigenvalue weighted by Crippen LogP contribution is -2.46. The van der Waals surface area contributed by atoms with E-state index in [9.17, 15) is 9.59 Å². The van der Waals surface area contributed by atoms with Gasteiger partial charge in [-0.05, 0) is 45.0 Å². The summed E-state index contributed by atoms with van der Waals surface area (Å²) in [7, 11) is 1.58. The fourth-order valence-electron chi connectivity index (χ4n) is 3.17. The quantitative estimate of drug-likeness (QED) is 0.415. The van der Waals surface area contributed by atoms with Gasteiger partial charge in [-0.1, -0.05) is 11.6 Å². The second kappa shape index (κ2) is 8.94. The smallest absolute Gasteiger partial charge is 0.416 e. The number of nitrogens with one attached hydrogen (secondary N) is 1. The van der Waals surface area contributed by atoms with Crippen molar-refractivity contribution in [2.24, 2.45) is 5.84 Å². The predicted molar refractivity (Wildman–Crippen MR) is 116 cm³/mol. The number of halogens is 1. The van der Waals surface area contributed by atoms with Crippen LogP contribution in [0.3, 0.4) is 0 Å². The first-order chi connectivity index (χ1) is 14.6. The Labute approximate surface area is 185 Å². The van der Waals surface area contributed by atoms with Gasteiger partial charge in [-0.25, -0.2) is 10.6 Å².